The molecule has 0 saturated carbocycles. The van der Waals surface area contributed by atoms with Crippen molar-refractivity contribution in [3.63, 3.8) is 0 Å². The van der Waals surface area contributed by atoms with Crippen LogP contribution in [0.25, 0.3) is 10.9 Å². The summed E-state index contributed by atoms with van der Waals surface area (Å²) in [6.07, 6.45) is 5.94. The SMILES string of the molecule is CCCCCC(C)c1cc2ccccc2[nH]1.CCc1ccccc1C(C)(F)F. The van der Waals surface area contributed by atoms with Crippen molar-refractivity contribution in [1.29, 1.82) is 0 Å². The highest BCUT2D eigenvalue weighted by Crippen LogP contribution is 2.29. The van der Waals surface area contributed by atoms with E-state index in [1.165, 1.54) is 48.3 Å². The topological polar surface area (TPSA) is 15.8 Å². The summed E-state index contributed by atoms with van der Waals surface area (Å²) in [5.41, 5.74) is 3.52. The summed E-state index contributed by atoms with van der Waals surface area (Å²) in [6.45, 7) is 7.39. The number of halogens is 2. The molecule has 3 rings (SSSR count). The first-order valence-electron chi connectivity index (χ1n) is 10.4. The normalized spacial score (nSPS) is 12.5. The number of aromatic amines is 1. The Labute approximate surface area is 168 Å². The van der Waals surface area contributed by atoms with Gasteiger partial charge in [-0.15, -0.1) is 0 Å². The van der Waals surface area contributed by atoms with Crippen LogP contribution in [0.3, 0.4) is 0 Å². The monoisotopic (exact) mass is 385 g/mol. The first-order chi connectivity index (χ1) is 13.4. The van der Waals surface area contributed by atoms with Gasteiger partial charge in [0, 0.05) is 23.7 Å². The van der Waals surface area contributed by atoms with Crippen molar-refractivity contribution in [3.05, 3.63) is 71.4 Å². The van der Waals surface area contributed by atoms with Crippen LogP contribution in [0.4, 0.5) is 8.78 Å². The zero-order chi connectivity index (χ0) is 20.6. The van der Waals surface area contributed by atoms with E-state index in [9.17, 15) is 8.78 Å². The van der Waals surface area contributed by atoms with E-state index in [1.807, 2.05) is 6.92 Å². The van der Waals surface area contributed by atoms with Crippen LogP contribution in [0, 0.1) is 0 Å². The second kappa shape index (κ2) is 10.4. The molecule has 3 heteroatoms. The molecule has 3 aromatic rings. The van der Waals surface area contributed by atoms with E-state index in [2.05, 4.69) is 49.2 Å². The van der Waals surface area contributed by atoms with Gasteiger partial charge in [0.05, 0.1) is 0 Å². The molecule has 0 saturated heterocycles. The second-order valence-electron chi connectivity index (χ2n) is 7.61. The van der Waals surface area contributed by atoms with Crippen molar-refractivity contribution < 1.29 is 8.78 Å². The smallest absolute Gasteiger partial charge is 0.270 e. The summed E-state index contributed by atoms with van der Waals surface area (Å²) in [5, 5.41) is 1.33. The van der Waals surface area contributed by atoms with E-state index in [4.69, 9.17) is 0 Å². The van der Waals surface area contributed by atoms with Gasteiger partial charge in [-0.25, -0.2) is 8.78 Å². The molecular weight excluding hydrogens is 352 g/mol. The maximum absolute atomic E-state index is 12.9. The number of aromatic nitrogens is 1. The van der Waals surface area contributed by atoms with Gasteiger partial charge in [0.25, 0.3) is 5.92 Å². The fourth-order valence-corrected chi connectivity index (χ4v) is 3.47. The minimum atomic E-state index is -2.72. The molecule has 1 nitrogen and oxygen atoms in total. The molecular formula is C25H33F2N. The molecule has 0 aliphatic heterocycles. The minimum Gasteiger partial charge on any atom is -0.358 e. The average Bonchev–Trinajstić information content (AvgIpc) is 3.12. The Morgan fingerprint density at radius 3 is 2.25 bits per heavy atom. The maximum atomic E-state index is 12.9. The quantitative estimate of drug-likeness (QED) is 0.394. The third kappa shape index (κ3) is 6.19. The Bertz CT molecular complexity index is 812. The standard InChI is InChI=1S/C15H21N.C10H12F2/c1-3-4-5-8-12(2)15-11-13-9-6-7-10-14(13)16-15;1-3-8-6-4-5-7-9(8)10(2,11)12/h6-7,9-12,16H,3-5,8H2,1-2H3;4-7H,3H2,1-2H3. The molecule has 0 radical (unpaired) electrons. The molecule has 28 heavy (non-hydrogen) atoms. The number of fused-ring (bicyclic) bond motifs is 1. The van der Waals surface area contributed by atoms with Gasteiger partial charge in [0.15, 0.2) is 0 Å². The van der Waals surface area contributed by atoms with Crippen LogP contribution in [0.1, 0.15) is 76.1 Å². The molecule has 1 heterocycles. The van der Waals surface area contributed by atoms with E-state index in [0.717, 1.165) is 12.5 Å². The number of alkyl halides is 2. The van der Waals surface area contributed by atoms with Crippen LogP contribution >= 0.6 is 0 Å². The zero-order valence-electron chi connectivity index (χ0n) is 17.6. The molecule has 0 aliphatic carbocycles. The number of hydrogen-bond acceptors (Lipinski definition) is 0. The predicted octanol–water partition coefficient (Wildman–Crippen LogP) is 8.21. The molecule has 1 atom stereocenters. The summed E-state index contributed by atoms with van der Waals surface area (Å²) in [6, 6.07) is 17.5. The van der Waals surface area contributed by atoms with Gasteiger partial charge in [-0.2, -0.15) is 0 Å². The summed E-state index contributed by atoms with van der Waals surface area (Å²) in [4.78, 5) is 3.52. The second-order valence-corrected chi connectivity index (χ2v) is 7.61. The van der Waals surface area contributed by atoms with Crippen LogP contribution in [0.15, 0.2) is 54.6 Å². The summed E-state index contributed by atoms with van der Waals surface area (Å²) >= 11 is 0. The summed E-state index contributed by atoms with van der Waals surface area (Å²) < 4.78 is 25.8. The first-order valence-corrected chi connectivity index (χ1v) is 10.4. The Hall–Kier alpha value is -2.16. The van der Waals surface area contributed by atoms with Crippen molar-refractivity contribution in [1.82, 2.24) is 4.98 Å². The molecule has 0 bridgehead atoms. The van der Waals surface area contributed by atoms with Crippen LogP contribution in [0.5, 0.6) is 0 Å². The van der Waals surface area contributed by atoms with Gasteiger partial charge in [-0.3, -0.25) is 0 Å². The predicted molar refractivity (Wildman–Crippen MR) is 116 cm³/mol. The van der Waals surface area contributed by atoms with Crippen LogP contribution in [-0.2, 0) is 12.3 Å². The number of unbranched alkanes of at least 4 members (excludes halogenated alkanes) is 2. The lowest BCUT2D eigenvalue weighted by Crippen LogP contribution is -2.09. The van der Waals surface area contributed by atoms with Gasteiger partial charge in [-0.05, 0) is 41.8 Å². The largest absolute Gasteiger partial charge is 0.358 e. The van der Waals surface area contributed by atoms with Crippen molar-refractivity contribution in [3.8, 4) is 0 Å². The highest BCUT2D eigenvalue weighted by atomic mass is 19.3. The fraction of sp³-hybridized carbons (Fsp3) is 0.440. The number of hydrogen-bond donors (Lipinski definition) is 1. The highest BCUT2D eigenvalue weighted by molar-refractivity contribution is 5.80. The van der Waals surface area contributed by atoms with Gasteiger partial charge in [-0.1, -0.05) is 82.5 Å². The number of rotatable bonds is 7. The van der Waals surface area contributed by atoms with E-state index in [0.29, 0.717) is 12.3 Å². The molecule has 0 aliphatic rings. The summed E-state index contributed by atoms with van der Waals surface area (Å²) in [7, 11) is 0. The van der Waals surface area contributed by atoms with Gasteiger partial charge < -0.3 is 4.98 Å². The van der Waals surface area contributed by atoms with Crippen LogP contribution in [0.2, 0.25) is 0 Å². The fourth-order valence-electron chi connectivity index (χ4n) is 3.47. The lowest BCUT2D eigenvalue weighted by atomic mass is 10.00. The van der Waals surface area contributed by atoms with Crippen LogP contribution in [-0.4, -0.2) is 4.98 Å². The van der Waals surface area contributed by atoms with Crippen molar-refractivity contribution in [2.75, 3.05) is 0 Å². The minimum absolute atomic E-state index is 0.146. The van der Waals surface area contributed by atoms with Crippen molar-refractivity contribution in [2.24, 2.45) is 0 Å². The lowest BCUT2D eigenvalue weighted by molar-refractivity contribution is 0.0166. The molecule has 1 N–H and O–H groups in total. The Morgan fingerprint density at radius 2 is 1.64 bits per heavy atom. The maximum Gasteiger partial charge on any atom is 0.270 e. The molecule has 152 valence electrons. The Morgan fingerprint density at radius 1 is 0.964 bits per heavy atom. The van der Waals surface area contributed by atoms with E-state index in [1.54, 1.807) is 18.2 Å². The zero-order valence-corrected chi connectivity index (χ0v) is 17.6. The van der Waals surface area contributed by atoms with Crippen molar-refractivity contribution >= 4 is 10.9 Å². The van der Waals surface area contributed by atoms with E-state index >= 15 is 0 Å². The Kier molecular flexibility index (Phi) is 8.22. The number of H-pyrrole nitrogens is 1. The molecule has 0 fully saturated rings. The molecule has 1 aromatic heterocycles. The van der Waals surface area contributed by atoms with Crippen LogP contribution < -0.4 is 0 Å². The number of nitrogens with one attached hydrogen (secondary N) is 1. The summed E-state index contributed by atoms with van der Waals surface area (Å²) in [5.74, 6) is -2.06. The lowest BCUT2D eigenvalue weighted by Gasteiger charge is -2.14. The average molecular weight is 386 g/mol. The van der Waals surface area contributed by atoms with Gasteiger partial charge >= 0.3 is 0 Å². The van der Waals surface area contributed by atoms with E-state index in [-0.39, 0.29) is 5.56 Å². The molecule has 2 aromatic carbocycles. The van der Waals surface area contributed by atoms with Gasteiger partial charge in [0.1, 0.15) is 0 Å². The number of aryl methyl sites for hydroxylation is 1. The highest BCUT2D eigenvalue weighted by Gasteiger charge is 2.26. The third-order valence-corrected chi connectivity index (χ3v) is 5.19. The van der Waals surface area contributed by atoms with Crippen molar-refractivity contribution in [2.45, 2.75) is 71.6 Å². The van der Waals surface area contributed by atoms with Gasteiger partial charge in [0.2, 0.25) is 0 Å². The first kappa shape index (κ1) is 22.1. The third-order valence-electron chi connectivity index (χ3n) is 5.19. The number of benzene rings is 2. The molecule has 0 amide bonds. The molecule has 0 spiro atoms. The molecule has 1 unspecified atom stereocenters. The van der Waals surface area contributed by atoms with E-state index < -0.39 is 5.92 Å². The number of para-hydroxylation sites is 1. The Balaban J connectivity index is 0.000000209.